The fourth-order valence-electron chi connectivity index (χ4n) is 4.08. The third kappa shape index (κ3) is 3.76. The van der Waals surface area contributed by atoms with E-state index in [-0.39, 0.29) is 11.9 Å². The third-order valence-electron chi connectivity index (χ3n) is 5.27. The summed E-state index contributed by atoms with van der Waals surface area (Å²) in [6.45, 7) is 6.45. The van der Waals surface area contributed by atoms with Gasteiger partial charge in [-0.1, -0.05) is 0 Å². The van der Waals surface area contributed by atoms with E-state index in [1.807, 2.05) is 0 Å². The summed E-state index contributed by atoms with van der Waals surface area (Å²) < 4.78 is 0. The molecular weight excluding hydrogens is 264 g/mol. The molecule has 2 atom stereocenters. The zero-order valence-corrected chi connectivity index (χ0v) is 14.1. The maximum absolute atomic E-state index is 12.0. The Balaban J connectivity index is 1.94. The number of carbonyl (C=O) groups excluding carboxylic acids is 1. The van der Waals surface area contributed by atoms with E-state index in [1.165, 1.54) is 12.8 Å². The Kier molecular flexibility index (Phi) is 5.28. The summed E-state index contributed by atoms with van der Waals surface area (Å²) in [6.07, 6.45) is 5.27. The van der Waals surface area contributed by atoms with Crippen LogP contribution in [0.3, 0.4) is 0 Å². The Labute approximate surface area is 129 Å². The Hall–Kier alpha value is -0.650. The standard InChI is InChI=1S/C16H32N4O/c1-12(2)18-16(15(17)21)8-5-14(11-16)20-9-6-13(7-10-20)19(3)4/h12-14,18H,5-11H2,1-4H3,(H2,17,21). The number of piperidine rings is 1. The van der Waals surface area contributed by atoms with E-state index in [0.29, 0.717) is 12.1 Å². The molecule has 0 spiro atoms. The number of rotatable bonds is 5. The molecule has 0 aromatic heterocycles. The molecule has 0 aromatic carbocycles. The van der Waals surface area contributed by atoms with Gasteiger partial charge in [0.25, 0.3) is 0 Å². The molecule has 2 rings (SSSR count). The molecule has 0 aromatic rings. The summed E-state index contributed by atoms with van der Waals surface area (Å²) in [5, 5.41) is 3.44. The molecule has 2 fully saturated rings. The van der Waals surface area contributed by atoms with E-state index in [1.54, 1.807) is 0 Å². The average molecular weight is 296 g/mol. The van der Waals surface area contributed by atoms with Crippen LogP contribution in [0.4, 0.5) is 0 Å². The molecule has 1 aliphatic carbocycles. The fraction of sp³-hybridized carbons (Fsp3) is 0.938. The lowest BCUT2D eigenvalue weighted by molar-refractivity contribution is -0.124. The molecule has 1 saturated carbocycles. The highest BCUT2D eigenvalue weighted by Crippen LogP contribution is 2.35. The molecule has 3 N–H and O–H groups in total. The maximum Gasteiger partial charge on any atom is 0.237 e. The van der Waals surface area contributed by atoms with Crippen molar-refractivity contribution in [3.05, 3.63) is 0 Å². The van der Waals surface area contributed by atoms with Gasteiger partial charge in [-0.2, -0.15) is 0 Å². The van der Waals surface area contributed by atoms with Crippen LogP contribution in [0.1, 0.15) is 46.0 Å². The van der Waals surface area contributed by atoms with Crippen LogP contribution in [-0.2, 0) is 4.79 Å². The highest BCUT2D eigenvalue weighted by molar-refractivity contribution is 5.85. The lowest BCUT2D eigenvalue weighted by Gasteiger charge is -2.39. The maximum atomic E-state index is 12.0. The van der Waals surface area contributed by atoms with Crippen molar-refractivity contribution in [2.45, 2.75) is 69.6 Å². The van der Waals surface area contributed by atoms with Crippen molar-refractivity contribution < 1.29 is 4.79 Å². The monoisotopic (exact) mass is 296 g/mol. The van der Waals surface area contributed by atoms with Gasteiger partial charge in [-0.3, -0.25) is 4.79 Å². The van der Waals surface area contributed by atoms with Crippen LogP contribution in [0, 0.1) is 0 Å². The molecule has 5 nitrogen and oxygen atoms in total. The molecule has 21 heavy (non-hydrogen) atoms. The van der Waals surface area contributed by atoms with Crippen molar-refractivity contribution in [1.82, 2.24) is 15.1 Å². The summed E-state index contributed by atoms with van der Waals surface area (Å²) in [6, 6.07) is 1.50. The fourth-order valence-corrected chi connectivity index (χ4v) is 4.08. The van der Waals surface area contributed by atoms with E-state index in [4.69, 9.17) is 5.73 Å². The molecule has 5 heteroatoms. The van der Waals surface area contributed by atoms with Crippen LogP contribution in [0.2, 0.25) is 0 Å². The van der Waals surface area contributed by atoms with Crippen LogP contribution >= 0.6 is 0 Å². The average Bonchev–Trinajstić information content (AvgIpc) is 2.83. The van der Waals surface area contributed by atoms with Crippen LogP contribution in [0.15, 0.2) is 0 Å². The van der Waals surface area contributed by atoms with E-state index in [9.17, 15) is 4.79 Å². The van der Waals surface area contributed by atoms with E-state index in [2.05, 4.69) is 43.1 Å². The largest absolute Gasteiger partial charge is 0.368 e. The van der Waals surface area contributed by atoms with Gasteiger partial charge in [-0.15, -0.1) is 0 Å². The van der Waals surface area contributed by atoms with Crippen LogP contribution in [-0.4, -0.2) is 66.6 Å². The molecule has 0 bridgehead atoms. The SMILES string of the molecule is CC(C)NC1(C(N)=O)CCC(N2CCC(N(C)C)CC2)C1. The predicted octanol–water partition coefficient (Wildman–Crippen LogP) is 0.787. The molecule has 1 amide bonds. The lowest BCUT2D eigenvalue weighted by Crippen LogP contribution is -2.57. The predicted molar refractivity (Wildman–Crippen MR) is 86.1 cm³/mol. The number of primary amides is 1. The molecule has 1 aliphatic heterocycles. The Morgan fingerprint density at radius 2 is 1.90 bits per heavy atom. The van der Waals surface area contributed by atoms with Gasteiger partial charge in [0.15, 0.2) is 0 Å². The quantitative estimate of drug-likeness (QED) is 0.787. The van der Waals surface area contributed by atoms with Crippen molar-refractivity contribution in [3.63, 3.8) is 0 Å². The van der Waals surface area contributed by atoms with Gasteiger partial charge < -0.3 is 20.9 Å². The molecule has 2 unspecified atom stereocenters. The van der Waals surface area contributed by atoms with Gasteiger partial charge in [-0.25, -0.2) is 0 Å². The summed E-state index contributed by atoms with van der Waals surface area (Å²) >= 11 is 0. The number of nitrogens with zero attached hydrogens (tertiary/aromatic N) is 2. The van der Waals surface area contributed by atoms with Gasteiger partial charge in [0, 0.05) is 18.1 Å². The summed E-state index contributed by atoms with van der Waals surface area (Å²) in [5.74, 6) is -0.179. The molecule has 1 saturated heterocycles. The van der Waals surface area contributed by atoms with Gasteiger partial charge in [0.2, 0.25) is 5.91 Å². The second-order valence-electron chi connectivity index (χ2n) is 7.37. The number of hydrogen-bond acceptors (Lipinski definition) is 4. The van der Waals surface area contributed by atoms with Crippen molar-refractivity contribution >= 4 is 5.91 Å². The minimum atomic E-state index is -0.489. The molecule has 2 aliphatic rings. The Bertz CT molecular complexity index is 363. The number of amides is 1. The smallest absolute Gasteiger partial charge is 0.237 e. The first kappa shape index (κ1) is 16.7. The first-order valence-electron chi connectivity index (χ1n) is 8.32. The lowest BCUT2D eigenvalue weighted by atomic mass is 9.94. The summed E-state index contributed by atoms with van der Waals surface area (Å²) in [7, 11) is 4.33. The Morgan fingerprint density at radius 1 is 1.29 bits per heavy atom. The number of carbonyl (C=O) groups is 1. The van der Waals surface area contributed by atoms with Crippen molar-refractivity contribution in [2.75, 3.05) is 27.2 Å². The van der Waals surface area contributed by atoms with E-state index >= 15 is 0 Å². The normalized spacial score (nSPS) is 32.2. The van der Waals surface area contributed by atoms with Crippen LogP contribution in [0.25, 0.3) is 0 Å². The zero-order valence-electron chi connectivity index (χ0n) is 14.1. The number of nitrogens with two attached hydrogens (primary N) is 1. The first-order valence-corrected chi connectivity index (χ1v) is 8.32. The van der Waals surface area contributed by atoms with Crippen molar-refractivity contribution in [1.29, 1.82) is 0 Å². The molecule has 0 radical (unpaired) electrons. The third-order valence-corrected chi connectivity index (χ3v) is 5.27. The van der Waals surface area contributed by atoms with Gasteiger partial charge in [-0.05, 0) is 73.1 Å². The number of likely N-dealkylation sites (tertiary alicyclic amines) is 1. The minimum absolute atomic E-state index is 0.179. The van der Waals surface area contributed by atoms with Crippen molar-refractivity contribution in [3.8, 4) is 0 Å². The topological polar surface area (TPSA) is 61.6 Å². The number of hydrogen-bond donors (Lipinski definition) is 2. The van der Waals surface area contributed by atoms with Crippen LogP contribution in [0.5, 0.6) is 0 Å². The number of nitrogens with one attached hydrogen (secondary N) is 1. The first-order chi connectivity index (χ1) is 9.84. The van der Waals surface area contributed by atoms with Gasteiger partial charge in [0.05, 0.1) is 5.54 Å². The summed E-state index contributed by atoms with van der Waals surface area (Å²) in [4.78, 5) is 16.9. The highest BCUT2D eigenvalue weighted by atomic mass is 16.1. The Morgan fingerprint density at radius 3 is 2.38 bits per heavy atom. The molecular formula is C16H32N4O. The van der Waals surface area contributed by atoms with Gasteiger partial charge >= 0.3 is 0 Å². The van der Waals surface area contributed by atoms with E-state index < -0.39 is 5.54 Å². The molecule has 1 heterocycles. The minimum Gasteiger partial charge on any atom is -0.368 e. The van der Waals surface area contributed by atoms with Crippen LogP contribution < -0.4 is 11.1 Å². The summed E-state index contributed by atoms with van der Waals surface area (Å²) in [5.41, 5.74) is 5.22. The second-order valence-corrected chi connectivity index (χ2v) is 7.37. The second kappa shape index (κ2) is 6.63. The van der Waals surface area contributed by atoms with Gasteiger partial charge in [0.1, 0.15) is 0 Å². The van der Waals surface area contributed by atoms with E-state index in [0.717, 1.165) is 32.4 Å². The van der Waals surface area contributed by atoms with Crippen molar-refractivity contribution in [2.24, 2.45) is 5.73 Å². The molecule has 122 valence electrons. The highest BCUT2D eigenvalue weighted by Gasteiger charge is 2.46. The zero-order chi connectivity index (χ0) is 15.6.